The molecule has 1 N–H and O–H groups in total. The van der Waals surface area contributed by atoms with Gasteiger partial charge >= 0.3 is 0 Å². The molecule has 0 atom stereocenters. The summed E-state index contributed by atoms with van der Waals surface area (Å²) in [6, 6.07) is 2.27. The highest BCUT2D eigenvalue weighted by Crippen LogP contribution is 2.25. The van der Waals surface area contributed by atoms with Gasteiger partial charge in [0, 0.05) is 31.2 Å². The molecule has 0 aromatic carbocycles. The fourth-order valence-electron chi connectivity index (χ4n) is 1.74. The van der Waals surface area contributed by atoms with Gasteiger partial charge in [-0.25, -0.2) is 9.97 Å². The number of aromatic nitrogens is 4. The molecule has 0 unspecified atom stereocenters. The van der Waals surface area contributed by atoms with Gasteiger partial charge in [-0.1, -0.05) is 0 Å². The Morgan fingerprint density at radius 3 is 2.71 bits per heavy atom. The second-order valence-electron chi connectivity index (χ2n) is 4.04. The molecule has 0 fully saturated rings. The van der Waals surface area contributed by atoms with Crippen molar-refractivity contribution in [3.63, 3.8) is 0 Å². The number of rotatable bonds is 4. The second-order valence-corrected chi connectivity index (χ2v) is 4.04. The van der Waals surface area contributed by atoms with Crippen molar-refractivity contribution in [2.45, 2.75) is 26.8 Å². The Morgan fingerprint density at radius 1 is 1.24 bits per heavy atom. The van der Waals surface area contributed by atoms with Gasteiger partial charge in [-0.3, -0.25) is 4.68 Å². The van der Waals surface area contributed by atoms with E-state index in [2.05, 4.69) is 34.2 Å². The van der Waals surface area contributed by atoms with Crippen LogP contribution < -0.4 is 5.32 Å². The smallest absolute Gasteiger partial charge is 0.154 e. The summed E-state index contributed by atoms with van der Waals surface area (Å²) in [7, 11) is 0. The molecule has 90 valence electrons. The molecule has 2 aromatic heterocycles. The summed E-state index contributed by atoms with van der Waals surface area (Å²) in [6.07, 6.45) is 5.19. The third kappa shape index (κ3) is 2.27. The van der Waals surface area contributed by atoms with Gasteiger partial charge in [0.1, 0.15) is 5.69 Å². The minimum absolute atomic E-state index is 0.302. The Morgan fingerprint density at radius 2 is 2.00 bits per heavy atom. The molecule has 2 aromatic rings. The van der Waals surface area contributed by atoms with E-state index in [0.717, 1.165) is 23.8 Å². The maximum Gasteiger partial charge on any atom is 0.154 e. The van der Waals surface area contributed by atoms with Crippen molar-refractivity contribution in [2.75, 3.05) is 11.9 Å². The zero-order valence-corrected chi connectivity index (χ0v) is 10.4. The van der Waals surface area contributed by atoms with Crippen LogP contribution in [0.1, 0.15) is 26.8 Å². The van der Waals surface area contributed by atoms with E-state index in [4.69, 9.17) is 0 Å². The van der Waals surface area contributed by atoms with Crippen molar-refractivity contribution in [3.05, 3.63) is 24.7 Å². The molecule has 0 radical (unpaired) electrons. The van der Waals surface area contributed by atoms with Gasteiger partial charge in [0.25, 0.3) is 0 Å². The zero-order valence-electron chi connectivity index (χ0n) is 10.4. The summed E-state index contributed by atoms with van der Waals surface area (Å²) in [6.45, 7) is 7.05. The van der Waals surface area contributed by atoms with Crippen molar-refractivity contribution in [2.24, 2.45) is 0 Å². The molecule has 0 aliphatic carbocycles. The predicted molar refractivity (Wildman–Crippen MR) is 67.8 cm³/mol. The average Bonchev–Trinajstić information content (AvgIpc) is 2.79. The summed E-state index contributed by atoms with van der Waals surface area (Å²) in [4.78, 5) is 8.71. The number of hydrogen-bond donors (Lipinski definition) is 1. The molecule has 17 heavy (non-hydrogen) atoms. The van der Waals surface area contributed by atoms with E-state index in [1.807, 2.05) is 17.7 Å². The highest BCUT2D eigenvalue weighted by Gasteiger charge is 2.13. The van der Waals surface area contributed by atoms with Crippen LogP contribution in [0, 0.1) is 0 Å². The lowest BCUT2D eigenvalue weighted by Gasteiger charge is -2.12. The van der Waals surface area contributed by atoms with Crippen LogP contribution in [0.3, 0.4) is 0 Å². The van der Waals surface area contributed by atoms with E-state index in [0.29, 0.717) is 6.04 Å². The fraction of sp³-hybridized carbons (Fsp3) is 0.417. The van der Waals surface area contributed by atoms with Crippen LogP contribution in [0.4, 0.5) is 5.82 Å². The first kappa shape index (κ1) is 11.6. The van der Waals surface area contributed by atoms with E-state index in [9.17, 15) is 0 Å². The predicted octanol–water partition coefficient (Wildman–Crippen LogP) is 2.35. The van der Waals surface area contributed by atoms with Crippen molar-refractivity contribution in [1.82, 2.24) is 19.7 Å². The van der Waals surface area contributed by atoms with Crippen molar-refractivity contribution in [1.29, 1.82) is 0 Å². The summed E-state index contributed by atoms with van der Waals surface area (Å²) >= 11 is 0. The van der Waals surface area contributed by atoms with Crippen molar-refractivity contribution >= 4 is 5.82 Å². The maximum atomic E-state index is 4.40. The molecule has 5 heteroatoms. The third-order valence-corrected chi connectivity index (χ3v) is 2.44. The lowest BCUT2D eigenvalue weighted by atomic mass is 10.2. The minimum atomic E-state index is 0.302. The monoisotopic (exact) mass is 231 g/mol. The largest absolute Gasteiger partial charge is 0.368 e. The molecule has 2 heterocycles. The molecule has 2 rings (SSSR count). The van der Waals surface area contributed by atoms with Gasteiger partial charge in [0.2, 0.25) is 0 Å². The van der Waals surface area contributed by atoms with Crippen LogP contribution in [0.2, 0.25) is 0 Å². The standard InChI is InChI=1S/C12H17N5/c1-4-13-12-11(14-7-8-15-12)10-5-6-16-17(10)9(2)3/h5-9H,4H2,1-3H3,(H,13,15). The van der Waals surface area contributed by atoms with Gasteiger partial charge in [-0.15, -0.1) is 0 Å². The van der Waals surface area contributed by atoms with Crippen LogP contribution >= 0.6 is 0 Å². The quantitative estimate of drug-likeness (QED) is 0.877. The van der Waals surface area contributed by atoms with Crippen molar-refractivity contribution < 1.29 is 0 Å². The molecule has 0 aliphatic heterocycles. The normalized spacial score (nSPS) is 10.8. The lowest BCUT2D eigenvalue weighted by Crippen LogP contribution is -2.08. The zero-order chi connectivity index (χ0) is 12.3. The Labute approximate surface area is 101 Å². The van der Waals surface area contributed by atoms with E-state index < -0.39 is 0 Å². The van der Waals surface area contributed by atoms with Crippen molar-refractivity contribution in [3.8, 4) is 11.4 Å². The Hall–Kier alpha value is -1.91. The summed E-state index contributed by atoms with van der Waals surface area (Å²) in [5, 5.41) is 7.53. The van der Waals surface area contributed by atoms with Crippen LogP contribution in [-0.2, 0) is 0 Å². The van der Waals surface area contributed by atoms with Gasteiger partial charge in [-0.2, -0.15) is 5.10 Å². The summed E-state index contributed by atoms with van der Waals surface area (Å²) in [5.74, 6) is 0.803. The van der Waals surface area contributed by atoms with E-state index in [1.54, 1.807) is 18.6 Å². The van der Waals surface area contributed by atoms with Crippen LogP contribution in [0.5, 0.6) is 0 Å². The maximum absolute atomic E-state index is 4.40. The first-order chi connectivity index (χ1) is 8.24. The molecular weight excluding hydrogens is 214 g/mol. The number of hydrogen-bond acceptors (Lipinski definition) is 4. The highest BCUT2D eigenvalue weighted by atomic mass is 15.3. The molecule has 0 saturated carbocycles. The number of nitrogens with one attached hydrogen (secondary N) is 1. The average molecular weight is 231 g/mol. The number of anilines is 1. The molecule has 0 amide bonds. The SMILES string of the molecule is CCNc1nccnc1-c1ccnn1C(C)C. The molecule has 5 nitrogen and oxygen atoms in total. The van der Waals surface area contributed by atoms with Crippen LogP contribution in [0.15, 0.2) is 24.7 Å². The van der Waals surface area contributed by atoms with E-state index in [-0.39, 0.29) is 0 Å². The fourth-order valence-corrected chi connectivity index (χ4v) is 1.74. The molecule has 0 aliphatic rings. The summed E-state index contributed by atoms with van der Waals surface area (Å²) < 4.78 is 1.95. The summed E-state index contributed by atoms with van der Waals surface area (Å²) in [5.41, 5.74) is 1.84. The third-order valence-electron chi connectivity index (χ3n) is 2.44. The minimum Gasteiger partial charge on any atom is -0.368 e. The first-order valence-corrected chi connectivity index (χ1v) is 5.82. The van der Waals surface area contributed by atoms with Crippen LogP contribution in [-0.4, -0.2) is 26.3 Å². The van der Waals surface area contributed by atoms with Gasteiger partial charge in [-0.05, 0) is 26.8 Å². The van der Waals surface area contributed by atoms with Gasteiger partial charge in [0.15, 0.2) is 5.82 Å². The van der Waals surface area contributed by atoms with Gasteiger partial charge in [0.05, 0.1) is 5.69 Å². The topological polar surface area (TPSA) is 55.6 Å². The van der Waals surface area contributed by atoms with Crippen LogP contribution in [0.25, 0.3) is 11.4 Å². The van der Waals surface area contributed by atoms with E-state index >= 15 is 0 Å². The van der Waals surface area contributed by atoms with Gasteiger partial charge < -0.3 is 5.32 Å². The second kappa shape index (κ2) is 4.95. The number of nitrogens with zero attached hydrogens (tertiary/aromatic N) is 4. The molecule has 0 saturated heterocycles. The van der Waals surface area contributed by atoms with E-state index in [1.165, 1.54) is 0 Å². The Balaban J connectivity index is 2.48. The Bertz CT molecular complexity index is 489. The Kier molecular flexibility index (Phi) is 3.37. The first-order valence-electron chi connectivity index (χ1n) is 5.82. The lowest BCUT2D eigenvalue weighted by molar-refractivity contribution is 0.538. The molecule has 0 spiro atoms. The highest BCUT2D eigenvalue weighted by molar-refractivity contribution is 5.68. The molecule has 0 bridgehead atoms. The molecular formula is C12H17N5.